The zero-order valence-electron chi connectivity index (χ0n) is 8.51. The maximum absolute atomic E-state index is 4.04. The number of hydrogen-bond donors (Lipinski definition) is 0. The summed E-state index contributed by atoms with van der Waals surface area (Å²) in [5, 5.41) is 0. The normalized spacial score (nSPS) is 8.71. The van der Waals surface area contributed by atoms with E-state index in [-0.39, 0.29) is 0 Å². The first-order valence-corrected chi connectivity index (χ1v) is 4.53. The Hall–Kier alpha value is -1.70. The molecule has 2 nitrogen and oxygen atoms in total. The lowest BCUT2D eigenvalue weighted by Gasteiger charge is -1.90. The molecule has 0 aliphatic heterocycles. The Morgan fingerprint density at radius 2 is 1.64 bits per heavy atom. The van der Waals surface area contributed by atoms with Crippen molar-refractivity contribution in [3.05, 3.63) is 60.2 Å². The van der Waals surface area contributed by atoms with Crippen LogP contribution in [0, 0.1) is 13.8 Å². The van der Waals surface area contributed by atoms with Crippen LogP contribution in [-0.4, -0.2) is 9.97 Å². The van der Waals surface area contributed by atoms with Gasteiger partial charge < -0.3 is 0 Å². The molecule has 0 unspecified atom stereocenters. The molecular formula is C12H14N2. The van der Waals surface area contributed by atoms with Gasteiger partial charge in [0.25, 0.3) is 0 Å². The van der Waals surface area contributed by atoms with Crippen LogP contribution in [0.5, 0.6) is 0 Å². The largest absolute Gasteiger partial charge is 0.265 e. The van der Waals surface area contributed by atoms with Gasteiger partial charge in [-0.25, -0.2) is 0 Å². The van der Waals surface area contributed by atoms with E-state index in [0.717, 1.165) is 5.69 Å². The summed E-state index contributed by atoms with van der Waals surface area (Å²) in [5.74, 6) is 0. The number of hydrogen-bond acceptors (Lipinski definition) is 2. The van der Waals surface area contributed by atoms with Gasteiger partial charge in [-0.1, -0.05) is 6.07 Å². The Labute approximate surface area is 84.7 Å². The highest BCUT2D eigenvalue weighted by Gasteiger charge is 1.82. The second-order valence-electron chi connectivity index (χ2n) is 3.00. The molecule has 0 radical (unpaired) electrons. The zero-order chi connectivity index (χ0) is 10.2. The van der Waals surface area contributed by atoms with Gasteiger partial charge in [0.1, 0.15) is 0 Å². The second kappa shape index (κ2) is 5.86. The lowest BCUT2D eigenvalue weighted by Crippen LogP contribution is -1.78. The van der Waals surface area contributed by atoms with Crippen molar-refractivity contribution >= 4 is 0 Å². The van der Waals surface area contributed by atoms with Crippen LogP contribution in [0.15, 0.2) is 48.9 Å². The molecule has 0 aromatic carbocycles. The molecule has 0 aliphatic rings. The van der Waals surface area contributed by atoms with Crippen LogP contribution in [0.3, 0.4) is 0 Å². The van der Waals surface area contributed by atoms with Crippen LogP contribution >= 0.6 is 0 Å². The molecule has 2 heterocycles. The number of aryl methyl sites for hydroxylation is 2. The highest BCUT2D eigenvalue weighted by molar-refractivity contribution is 5.12. The van der Waals surface area contributed by atoms with Crippen molar-refractivity contribution in [1.82, 2.24) is 9.97 Å². The minimum Gasteiger partial charge on any atom is -0.265 e. The summed E-state index contributed by atoms with van der Waals surface area (Å²) in [6, 6.07) is 9.76. The quantitative estimate of drug-likeness (QED) is 0.632. The first-order chi connectivity index (χ1) is 6.79. The van der Waals surface area contributed by atoms with Gasteiger partial charge in [0.05, 0.1) is 0 Å². The van der Waals surface area contributed by atoms with Crippen LogP contribution in [0.2, 0.25) is 0 Å². The maximum Gasteiger partial charge on any atom is 0.0375 e. The van der Waals surface area contributed by atoms with E-state index in [4.69, 9.17) is 0 Å². The molecular weight excluding hydrogens is 172 g/mol. The Bertz CT molecular complexity index is 314. The molecule has 0 amide bonds. The van der Waals surface area contributed by atoms with Crippen LogP contribution < -0.4 is 0 Å². The van der Waals surface area contributed by atoms with Crippen molar-refractivity contribution in [3.63, 3.8) is 0 Å². The summed E-state index contributed by atoms with van der Waals surface area (Å²) in [6.45, 7) is 4.06. The molecule has 2 rings (SSSR count). The summed E-state index contributed by atoms with van der Waals surface area (Å²) in [4.78, 5) is 7.82. The van der Waals surface area contributed by atoms with Gasteiger partial charge in [0, 0.05) is 24.3 Å². The van der Waals surface area contributed by atoms with Crippen LogP contribution in [0.4, 0.5) is 0 Å². The molecule has 2 aromatic heterocycles. The first-order valence-electron chi connectivity index (χ1n) is 4.53. The first kappa shape index (κ1) is 10.4. The van der Waals surface area contributed by atoms with Gasteiger partial charge in [-0.15, -0.1) is 0 Å². The minimum atomic E-state index is 1.09. The molecule has 0 spiro atoms. The van der Waals surface area contributed by atoms with E-state index in [1.54, 1.807) is 12.4 Å². The highest BCUT2D eigenvalue weighted by Crippen LogP contribution is 1.95. The van der Waals surface area contributed by atoms with Crippen molar-refractivity contribution in [2.24, 2.45) is 0 Å². The molecule has 0 fully saturated rings. The third kappa shape index (κ3) is 4.36. The standard InChI is InChI=1S/C7H9N.C5H5N/c1-6-3-4-8-7(2)5-6;1-2-4-6-5-3-1/h3-5H,1-2H3;1-5H. The third-order valence-corrected chi connectivity index (χ3v) is 1.62. The maximum atomic E-state index is 4.04. The molecule has 14 heavy (non-hydrogen) atoms. The minimum absolute atomic E-state index is 1.09. The fraction of sp³-hybridized carbons (Fsp3) is 0.167. The van der Waals surface area contributed by atoms with Gasteiger partial charge in [-0.05, 0) is 43.7 Å². The van der Waals surface area contributed by atoms with Gasteiger partial charge in [0.15, 0.2) is 0 Å². The number of rotatable bonds is 0. The zero-order valence-corrected chi connectivity index (χ0v) is 8.51. The third-order valence-electron chi connectivity index (χ3n) is 1.62. The van der Waals surface area contributed by atoms with Crippen LogP contribution in [0.1, 0.15) is 11.3 Å². The molecule has 0 saturated carbocycles. The monoisotopic (exact) mass is 186 g/mol. The smallest absolute Gasteiger partial charge is 0.0375 e. The lowest BCUT2D eigenvalue weighted by atomic mass is 10.3. The molecule has 0 N–H and O–H groups in total. The SMILES string of the molecule is Cc1ccnc(C)c1.c1ccncc1. The Kier molecular flexibility index (Phi) is 4.35. The summed E-state index contributed by atoms with van der Waals surface area (Å²) in [5.41, 5.74) is 2.36. The van der Waals surface area contributed by atoms with E-state index in [9.17, 15) is 0 Å². The number of pyridine rings is 2. The van der Waals surface area contributed by atoms with E-state index >= 15 is 0 Å². The average molecular weight is 186 g/mol. The summed E-state index contributed by atoms with van der Waals surface area (Å²) in [7, 11) is 0. The highest BCUT2D eigenvalue weighted by atomic mass is 14.6. The predicted octanol–water partition coefficient (Wildman–Crippen LogP) is 2.78. The van der Waals surface area contributed by atoms with Crippen LogP contribution in [0.25, 0.3) is 0 Å². The van der Waals surface area contributed by atoms with Gasteiger partial charge in [-0.2, -0.15) is 0 Å². The fourth-order valence-corrected chi connectivity index (χ4v) is 1.000. The van der Waals surface area contributed by atoms with Gasteiger partial charge in [-0.3, -0.25) is 9.97 Å². The molecule has 2 aromatic rings. The molecule has 0 saturated heterocycles. The summed E-state index contributed by atoms with van der Waals surface area (Å²) < 4.78 is 0. The summed E-state index contributed by atoms with van der Waals surface area (Å²) >= 11 is 0. The molecule has 0 bridgehead atoms. The van der Waals surface area contributed by atoms with Crippen molar-refractivity contribution in [1.29, 1.82) is 0 Å². The Morgan fingerprint density at radius 1 is 0.929 bits per heavy atom. The van der Waals surface area contributed by atoms with Crippen molar-refractivity contribution in [3.8, 4) is 0 Å². The average Bonchev–Trinajstić information content (AvgIpc) is 2.21. The predicted molar refractivity (Wildman–Crippen MR) is 57.9 cm³/mol. The van der Waals surface area contributed by atoms with Crippen molar-refractivity contribution in [2.75, 3.05) is 0 Å². The lowest BCUT2D eigenvalue weighted by molar-refractivity contribution is 1.18. The van der Waals surface area contributed by atoms with Crippen LogP contribution in [-0.2, 0) is 0 Å². The Balaban J connectivity index is 0.000000146. The topological polar surface area (TPSA) is 25.8 Å². The van der Waals surface area contributed by atoms with Gasteiger partial charge >= 0.3 is 0 Å². The molecule has 0 aliphatic carbocycles. The molecule has 0 atom stereocenters. The van der Waals surface area contributed by atoms with E-state index in [2.05, 4.69) is 23.0 Å². The van der Waals surface area contributed by atoms with E-state index in [1.165, 1.54) is 5.56 Å². The number of aromatic nitrogens is 2. The Morgan fingerprint density at radius 3 is 1.93 bits per heavy atom. The van der Waals surface area contributed by atoms with E-state index < -0.39 is 0 Å². The summed E-state index contributed by atoms with van der Waals surface area (Å²) in [6.07, 6.45) is 5.32. The molecule has 2 heteroatoms. The van der Waals surface area contributed by atoms with Crippen molar-refractivity contribution in [2.45, 2.75) is 13.8 Å². The molecule has 72 valence electrons. The fourth-order valence-electron chi connectivity index (χ4n) is 1.000. The second-order valence-corrected chi connectivity index (χ2v) is 3.00. The van der Waals surface area contributed by atoms with Gasteiger partial charge in [0.2, 0.25) is 0 Å². The van der Waals surface area contributed by atoms with E-state index in [1.807, 2.05) is 37.4 Å². The number of nitrogens with zero attached hydrogens (tertiary/aromatic N) is 2. The van der Waals surface area contributed by atoms with E-state index in [0.29, 0.717) is 0 Å². The van der Waals surface area contributed by atoms with Crippen molar-refractivity contribution < 1.29 is 0 Å².